The highest BCUT2D eigenvalue weighted by Gasteiger charge is 2.30. The molecule has 27 heavy (non-hydrogen) atoms. The SMILES string of the molecule is Cc1nn(CC(=O)Nc2ccc(C(F)(F)F)cc2)c(C)c1S(=O)(=O)N(C)C. The summed E-state index contributed by atoms with van der Waals surface area (Å²) in [7, 11) is -0.936. The van der Waals surface area contributed by atoms with E-state index in [0.29, 0.717) is 5.69 Å². The van der Waals surface area contributed by atoms with Gasteiger partial charge < -0.3 is 5.32 Å². The number of benzene rings is 1. The van der Waals surface area contributed by atoms with Crippen LogP contribution in [-0.2, 0) is 27.5 Å². The predicted molar refractivity (Wildman–Crippen MR) is 92.6 cm³/mol. The van der Waals surface area contributed by atoms with Crippen LogP contribution < -0.4 is 5.32 Å². The van der Waals surface area contributed by atoms with Crippen LogP contribution in [-0.4, -0.2) is 42.5 Å². The Kier molecular flexibility index (Phi) is 5.66. The van der Waals surface area contributed by atoms with Crippen LogP contribution >= 0.6 is 0 Å². The van der Waals surface area contributed by atoms with Crippen molar-refractivity contribution in [3.63, 3.8) is 0 Å². The number of anilines is 1. The summed E-state index contributed by atoms with van der Waals surface area (Å²) in [5, 5.41) is 6.55. The van der Waals surface area contributed by atoms with Gasteiger partial charge in [0.2, 0.25) is 15.9 Å². The Morgan fingerprint density at radius 3 is 2.22 bits per heavy atom. The monoisotopic (exact) mass is 404 g/mol. The first-order chi connectivity index (χ1) is 12.3. The second-order valence-corrected chi connectivity index (χ2v) is 8.16. The Morgan fingerprint density at radius 2 is 1.74 bits per heavy atom. The summed E-state index contributed by atoms with van der Waals surface area (Å²) >= 11 is 0. The second kappa shape index (κ2) is 7.31. The number of hydrogen-bond acceptors (Lipinski definition) is 4. The fraction of sp³-hybridized carbons (Fsp3) is 0.375. The van der Waals surface area contributed by atoms with Crippen LogP contribution in [0.2, 0.25) is 0 Å². The maximum atomic E-state index is 12.6. The van der Waals surface area contributed by atoms with Gasteiger partial charge in [0.05, 0.1) is 17.0 Å². The highest BCUT2D eigenvalue weighted by atomic mass is 32.2. The zero-order valence-electron chi connectivity index (χ0n) is 15.1. The zero-order chi connectivity index (χ0) is 20.6. The summed E-state index contributed by atoms with van der Waals surface area (Å²) in [6.07, 6.45) is -4.46. The third kappa shape index (κ3) is 4.48. The molecule has 148 valence electrons. The predicted octanol–water partition coefficient (Wildman–Crippen LogP) is 2.41. The van der Waals surface area contributed by atoms with Crippen molar-refractivity contribution < 1.29 is 26.4 Å². The molecule has 1 aromatic carbocycles. The summed E-state index contributed by atoms with van der Waals surface area (Å²) in [6, 6.07) is 4.01. The Morgan fingerprint density at radius 1 is 1.19 bits per heavy atom. The van der Waals surface area contributed by atoms with E-state index >= 15 is 0 Å². The molecule has 0 unspecified atom stereocenters. The zero-order valence-corrected chi connectivity index (χ0v) is 15.9. The maximum Gasteiger partial charge on any atom is 0.416 e. The Bertz CT molecular complexity index is 949. The molecule has 0 radical (unpaired) electrons. The van der Waals surface area contributed by atoms with E-state index in [4.69, 9.17) is 0 Å². The molecule has 7 nitrogen and oxygen atoms in total. The minimum atomic E-state index is -4.46. The highest BCUT2D eigenvalue weighted by Crippen LogP contribution is 2.29. The number of aryl methyl sites for hydroxylation is 1. The Balaban J connectivity index is 2.17. The van der Waals surface area contributed by atoms with Gasteiger partial charge in [-0.05, 0) is 38.1 Å². The van der Waals surface area contributed by atoms with Crippen molar-refractivity contribution in [3.05, 3.63) is 41.2 Å². The number of aromatic nitrogens is 2. The van der Waals surface area contributed by atoms with E-state index in [1.165, 1.54) is 32.6 Å². The molecule has 0 aliphatic carbocycles. The van der Waals surface area contributed by atoms with Crippen molar-refractivity contribution in [1.82, 2.24) is 14.1 Å². The van der Waals surface area contributed by atoms with Crippen LogP contribution in [0.3, 0.4) is 0 Å². The van der Waals surface area contributed by atoms with E-state index in [2.05, 4.69) is 10.4 Å². The molecule has 0 spiro atoms. The minimum Gasteiger partial charge on any atom is -0.324 e. The quantitative estimate of drug-likeness (QED) is 0.830. The second-order valence-electron chi connectivity index (χ2n) is 6.07. The van der Waals surface area contributed by atoms with Crippen molar-refractivity contribution in [2.75, 3.05) is 19.4 Å². The number of nitrogens with one attached hydrogen (secondary N) is 1. The summed E-state index contributed by atoms with van der Waals surface area (Å²) < 4.78 is 64.7. The van der Waals surface area contributed by atoms with Crippen molar-refractivity contribution in [1.29, 1.82) is 0 Å². The van der Waals surface area contributed by atoms with Crippen LogP contribution in [0, 0.1) is 13.8 Å². The molecule has 1 heterocycles. The fourth-order valence-electron chi connectivity index (χ4n) is 2.47. The highest BCUT2D eigenvalue weighted by molar-refractivity contribution is 7.89. The van der Waals surface area contributed by atoms with Gasteiger partial charge in [-0.2, -0.15) is 18.3 Å². The van der Waals surface area contributed by atoms with Gasteiger partial charge in [-0.3, -0.25) is 9.48 Å². The van der Waals surface area contributed by atoms with Gasteiger partial charge in [-0.25, -0.2) is 12.7 Å². The normalized spacial score (nSPS) is 12.4. The lowest BCUT2D eigenvalue weighted by Gasteiger charge is -2.12. The Labute approximate surface area is 154 Å². The molecule has 0 saturated carbocycles. The van der Waals surface area contributed by atoms with E-state index < -0.39 is 27.7 Å². The number of alkyl halides is 3. The lowest BCUT2D eigenvalue weighted by atomic mass is 10.2. The van der Waals surface area contributed by atoms with Crippen LogP contribution in [0.1, 0.15) is 17.0 Å². The van der Waals surface area contributed by atoms with Gasteiger partial charge in [-0.15, -0.1) is 0 Å². The van der Waals surface area contributed by atoms with Gasteiger partial charge in [0.15, 0.2) is 0 Å². The molecule has 2 aromatic rings. The van der Waals surface area contributed by atoms with Crippen LogP contribution in [0.15, 0.2) is 29.2 Å². The van der Waals surface area contributed by atoms with Crippen LogP contribution in [0.4, 0.5) is 18.9 Å². The van der Waals surface area contributed by atoms with E-state index in [1.54, 1.807) is 0 Å². The van der Waals surface area contributed by atoms with Gasteiger partial charge in [0, 0.05) is 19.8 Å². The van der Waals surface area contributed by atoms with Gasteiger partial charge >= 0.3 is 6.18 Å². The summed E-state index contributed by atoms with van der Waals surface area (Å²) in [6.45, 7) is 2.77. The first-order valence-corrected chi connectivity index (χ1v) is 9.21. The number of rotatable bonds is 5. The van der Waals surface area contributed by atoms with Gasteiger partial charge in [-0.1, -0.05) is 0 Å². The van der Waals surface area contributed by atoms with Gasteiger partial charge in [0.1, 0.15) is 11.4 Å². The molecule has 0 saturated heterocycles. The summed E-state index contributed by atoms with van der Waals surface area (Å²) in [4.78, 5) is 12.2. The molecule has 11 heteroatoms. The van der Waals surface area contributed by atoms with Crippen molar-refractivity contribution in [2.24, 2.45) is 0 Å². The topological polar surface area (TPSA) is 84.3 Å². The van der Waals surface area contributed by atoms with E-state index in [9.17, 15) is 26.4 Å². The molecule has 0 atom stereocenters. The van der Waals surface area contributed by atoms with Crippen LogP contribution in [0.5, 0.6) is 0 Å². The molecule has 1 aromatic heterocycles. The third-order valence-electron chi connectivity index (χ3n) is 3.84. The lowest BCUT2D eigenvalue weighted by Crippen LogP contribution is -2.24. The van der Waals surface area contributed by atoms with Gasteiger partial charge in [0.25, 0.3) is 0 Å². The number of carbonyl (C=O) groups excluding carboxylic acids is 1. The summed E-state index contributed by atoms with van der Waals surface area (Å²) in [5.41, 5.74) is -0.0828. The van der Waals surface area contributed by atoms with Crippen molar-refractivity contribution >= 4 is 21.6 Å². The van der Waals surface area contributed by atoms with E-state index in [-0.39, 0.29) is 22.8 Å². The van der Waals surface area contributed by atoms with Crippen molar-refractivity contribution in [3.8, 4) is 0 Å². The number of nitrogens with zero attached hydrogens (tertiary/aromatic N) is 3. The summed E-state index contributed by atoms with van der Waals surface area (Å²) in [5.74, 6) is -0.547. The molecular weight excluding hydrogens is 385 g/mol. The number of halogens is 3. The molecule has 0 bridgehead atoms. The molecule has 0 fully saturated rings. The average Bonchev–Trinajstić information content (AvgIpc) is 2.81. The number of carbonyl (C=O) groups is 1. The molecule has 1 amide bonds. The first-order valence-electron chi connectivity index (χ1n) is 7.77. The maximum absolute atomic E-state index is 12.6. The first kappa shape index (κ1) is 20.9. The molecule has 0 aliphatic heterocycles. The van der Waals surface area contributed by atoms with E-state index in [1.807, 2.05) is 0 Å². The number of hydrogen-bond donors (Lipinski definition) is 1. The number of sulfonamides is 1. The molecule has 0 aliphatic rings. The minimum absolute atomic E-state index is 0.0230. The standard InChI is InChI=1S/C16H19F3N4O3S/c1-10-15(27(25,26)22(3)4)11(2)23(21-10)9-14(24)20-13-7-5-12(6-8-13)16(17,18)19/h5-8H,9H2,1-4H3,(H,20,24). The number of amides is 1. The Hall–Kier alpha value is -2.40. The lowest BCUT2D eigenvalue weighted by molar-refractivity contribution is -0.137. The van der Waals surface area contributed by atoms with E-state index in [0.717, 1.165) is 28.6 Å². The molecule has 2 rings (SSSR count). The van der Waals surface area contributed by atoms with Crippen LogP contribution in [0.25, 0.3) is 0 Å². The largest absolute Gasteiger partial charge is 0.416 e. The molecule has 1 N–H and O–H groups in total. The van der Waals surface area contributed by atoms with Crippen molar-refractivity contribution in [2.45, 2.75) is 31.5 Å². The molecular formula is C16H19F3N4O3S. The smallest absolute Gasteiger partial charge is 0.324 e. The average molecular weight is 404 g/mol. The third-order valence-corrected chi connectivity index (χ3v) is 5.91. The fourth-order valence-corrected chi connectivity index (χ4v) is 3.73.